The topological polar surface area (TPSA) is 84.5 Å². The molecule has 0 heterocycles. The van der Waals surface area contributed by atoms with Crippen molar-refractivity contribution in [3.05, 3.63) is 71.3 Å². The van der Waals surface area contributed by atoms with Crippen LogP contribution < -0.4 is 10.6 Å². The molecule has 0 bridgehead atoms. The van der Waals surface area contributed by atoms with E-state index in [9.17, 15) is 14.4 Å². The average Bonchev–Trinajstić information content (AvgIpc) is 2.73. The number of rotatable bonds is 6. The van der Waals surface area contributed by atoms with Crippen molar-refractivity contribution in [1.82, 2.24) is 10.6 Å². The molecule has 6 heteroatoms. The minimum Gasteiger partial charge on any atom is -0.454 e. The Bertz CT molecular complexity index is 851. The SMILES string of the molecule is C[C@H](NC(=O)c1ccccc1)C(=O)OCC(=O)N[C@@H]1CCCc2ccccc21. The Labute approximate surface area is 164 Å². The number of hydrogen-bond acceptors (Lipinski definition) is 4. The molecule has 2 aromatic carbocycles. The third-order valence-corrected chi connectivity index (χ3v) is 4.79. The molecule has 0 saturated heterocycles. The van der Waals surface area contributed by atoms with Crippen molar-refractivity contribution in [3.63, 3.8) is 0 Å². The van der Waals surface area contributed by atoms with Crippen LogP contribution >= 0.6 is 0 Å². The Morgan fingerprint density at radius 2 is 1.79 bits per heavy atom. The van der Waals surface area contributed by atoms with E-state index < -0.39 is 12.0 Å². The number of esters is 1. The number of fused-ring (bicyclic) bond motifs is 1. The predicted octanol–water partition coefficient (Wildman–Crippen LogP) is 2.54. The number of benzene rings is 2. The number of aryl methyl sites for hydroxylation is 1. The first-order valence-corrected chi connectivity index (χ1v) is 9.44. The van der Waals surface area contributed by atoms with Crippen LogP contribution in [0.4, 0.5) is 0 Å². The average molecular weight is 380 g/mol. The summed E-state index contributed by atoms with van der Waals surface area (Å²) in [7, 11) is 0. The first-order chi connectivity index (χ1) is 13.5. The van der Waals surface area contributed by atoms with Gasteiger partial charge in [0.2, 0.25) is 0 Å². The van der Waals surface area contributed by atoms with E-state index >= 15 is 0 Å². The van der Waals surface area contributed by atoms with Crippen molar-refractivity contribution in [3.8, 4) is 0 Å². The molecule has 2 N–H and O–H groups in total. The molecule has 0 radical (unpaired) electrons. The Morgan fingerprint density at radius 1 is 1.07 bits per heavy atom. The molecular formula is C22H24N2O4. The second kappa shape index (κ2) is 9.17. The van der Waals surface area contributed by atoms with Crippen molar-refractivity contribution in [2.75, 3.05) is 6.61 Å². The second-order valence-corrected chi connectivity index (χ2v) is 6.88. The molecule has 0 spiro atoms. The number of nitrogens with one attached hydrogen (secondary N) is 2. The molecule has 0 unspecified atom stereocenters. The Hall–Kier alpha value is -3.15. The number of hydrogen-bond donors (Lipinski definition) is 2. The van der Waals surface area contributed by atoms with Gasteiger partial charge in [-0.2, -0.15) is 0 Å². The van der Waals surface area contributed by atoms with Gasteiger partial charge in [-0.05, 0) is 49.4 Å². The molecule has 28 heavy (non-hydrogen) atoms. The quantitative estimate of drug-likeness (QED) is 0.755. The van der Waals surface area contributed by atoms with E-state index in [1.54, 1.807) is 30.3 Å². The summed E-state index contributed by atoms with van der Waals surface area (Å²) in [5.41, 5.74) is 2.82. The van der Waals surface area contributed by atoms with Gasteiger partial charge in [-0.25, -0.2) is 4.79 Å². The van der Waals surface area contributed by atoms with Crippen molar-refractivity contribution >= 4 is 17.8 Å². The fraction of sp³-hybridized carbons (Fsp3) is 0.318. The van der Waals surface area contributed by atoms with Crippen molar-refractivity contribution in [2.24, 2.45) is 0 Å². The van der Waals surface area contributed by atoms with Crippen LogP contribution in [0, 0.1) is 0 Å². The fourth-order valence-electron chi connectivity index (χ4n) is 3.33. The maximum absolute atomic E-state index is 12.2. The Morgan fingerprint density at radius 3 is 2.57 bits per heavy atom. The third-order valence-electron chi connectivity index (χ3n) is 4.79. The maximum Gasteiger partial charge on any atom is 0.328 e. The van der Waals surface area contributed by atoms with Gasteiger partial charge in [0.25, 0.3) is 11.8 Å². The van der Waals surface area contributed by atoms with Crippen molar-refractivity contribution in [2.45, 2.75) is 38.3 Å². The molecule has 1 aliphatic carbocycles. The lowest BCUT2D eigenvalue weighted by molar-refractivity contribution is -0.150. The molecule has 2 aromatic rings. The van der Waals surface area contributed by atoms with Gasteiger partial charge in [-0.3, -0.25) is 9.59 Å². The number of ether oxygens (including phenoxy) is 1. The normalized spacial score (nSPS) is 16.4. The highest BCUT2D eigenvalue weighted by Crippen LogP contribution is 2.29. The van der Waals surface area contributed by atoms with Crippen molar-refractivity contribution < 1.29 is 19.1 Å². The summed E-state index contributed by atoms with van der Waals surface area (Å²) in [5, 5.41) is 5.50. The van der Waals surface area contributed by atoms with Gasteiger partial charge in [-0.1, -0.05) is 42.5 Å². The molecule has 1 aliphatic rings. The largest absolute Gasteiger partial charge is 0.454 e. The van der Waals surface area contributed by atoms with Crippen LogP contribution in [-0.4, -0.2) is 30.4 Å². The summed E-state index contributed by atoms with van der Waals surface area (Å²) < 4.78 is 5.07. The van der Waals surface area contributed by atoms with Crippen molar-refractivity contribution in [1.29, 1.82) is 0 Å². The van der Waals surface area contributed by atoms with E-state index in [0.717, 1.165) is 24.8 Å². The predicted molar refractivity (Wildman–Crippen MR) is 105 cm³/mol. The van der Waals surface area contributed by atoms with E-state index in [2.05, 4.69) is 16.7 Å². The second-order valence-electron chi connectivity index (χ2n) is 6.88. The van der Waals surface area contributed by atoms with E-state index in [1.807, 2.05) is 18.2 Å². The van der Waals surface area contributed by atoms with Crippen LogP contribution in [0.1, 0.15) is 47.3 Å². The van der Waals surface area contributed by atoms with Crippen LogP contribution in [0.15, 0.2) is 54.6 Å². The number of carbonyl (C=O) groups excluding carboxylic acids is 3. The van der Waals surface area contributed by atoms with E-state index in [-0.39, 0.29) is 24.5 Å². The summed E-state index contributed by atoms with van der Waals surface area (Å²) in [6, 6.07) is 15.7. The third kappa shape index (κ3) is 4.97. The minimum absolute atomic E-state index is 0.0636. The molecular weight excluding hydrogens is 356 g/mol. The van der Waals surface area contributed by atoms with Gasteiger partial charge in [0.15, 0.2) is 6.61 Å². The van der Waals surface area contributed by atoms with Gasteiger partial charge in [0, 0.05) is 5.56 Å². The summed E-state index contributed by atoms with van der Waals surface area (Å²) in [6.07, 6.45) is 2.88. The highest BCUT2D eigenvalue weighted by atomic mass is 16.5. The Kier molecular flexibility index (Phi) is 6.42. The first-order valence-electron chi connectivity index (χ1n) is 9.44. The minimum atomic E-state index is -0.851. The number of amides is 2. The van der Waals surface area contributed by atoms with Crippen LogP contribution in [0.5, 0.6) is 0 Å². The van der Waals surface area contributed by atoms with E-state index in [1.165, 1.54) is 12.5 Å². The fourth-order valence-corrected chi connectivity index (χ4v) is 3.33. The van der Waals surface area contributed by atoms with E-state index in [4.69, 9.17) is 4.74 Å². The summed E-state index contributed by atoms with van der Waals surface area (Å²) >= 11 is 0. The summed E-state index contributed by atoms with van der Waals surface area (Å²) in [6.45, 7) is 1.15. The van der Waals surface area contributed by atoms with Crippen LogP contribution in [0.2, 0.25) is 0 Å². The van der Waals surface area contributed by atoms with Gasteiger partial charge in [-0.15, -0.1) is 0 Å². The Balaban J connectivity index is 1.47. The molecule has 2 amide bonds. The summed E-state index contributed by atoms with van der Waals surface area (Å²) in [5.74, 6) is -1.37. The zero-order chi connectivity index (χ0) is 19.9. The maximum atomic E-state index is 12.2. The summed E-state index contributed by atoms with van der Waals surface area (Å²) in [4.78, 5) is 36.4. The monoisotopic (exact) mass is 380 g/mol. The smallest absolute Gasteiger partial charge is 0.328 e. The van der Waals surface area contributed by atoms with Crippen LogP contribution in [-0.2, 0) is 20.7 Å². The molecule has 0 aromatic heterocycles. The molecule has 6 nitrogen and oxygen atoms in total. The molecule has 0 aliphatic heterocycles. The number of carbonyl (C=O) groups is 3. The molecule has 0 saturated carbocycles. The van der Waals surface area contributed by atoms with Crippen LogP contribution in [0.25, 0.3) is 0 Å². The molecule has 146 valence electrons. The van der Waals surface area contributed by atoms with Gasteiger partial charge in [0.05, 0.1) is 6.04 Å². The zero-order valence-corrected chi connectivity index (χ0v) is 15.8. The lowest BCUT2D eigenvalue weighted by Crippen LogP contribution is -2.41. The van der Waals surface area contributed by atoms with Gasteiger partial charge in [0.1, 0.15) is 6.04 Å². The zero-order valence-electron chi connectivity index (χ0n) is 15.8. The lowest BCUT2D eigenvalue weighted by Gasteiger charge is -2.26. The van der Waals surface area contributed by atoms with E-state index in [0.29, 0.717) is 5.56 Å². The highest BCUT2D eigenvalue weighted by Gasteiger charge is 2.23. The lowest BCUT2D eigenvalue weighted by atomic mass is 9.88. The van der Waals surface area contributed by atoms with Gasteiger partial charge < -0.3 is 15.4 Å². The van der Waals surface area contributed by atoms with Crippen LogP contribution in [0.3, 0.4) is 0 Å². The highest BCUT2D eigenvalue weighted by molar-refractivity contribution is 5.96. The molecule has 3 rings (SSSR count). The first kappa shape index (κ1) is 19.6. The van der Waals surface area contributed by atoms with Gasteiger partial charge >= 0.3 is 5.97 Å². The standard InChI is InChI=1S/C22H24N2O4/c1-15(23-21(26)17-9-3-2-4-10-17)22(27)28-14-20(25)24-19-13-7-11-16-8-5-6-12-18(16)19/h2-6,8-10,12,15,19H,7,11,13-14H2,1H3,(H,23,26)(H,24,25)/t15-,19+/m0/s1. The molecule has 2 atom stereocenters. The molecule has 0 fully saturated rings.